The first-order valence-corrected chi connectivity index (χ1v) is 10.0. The zero-order valence-electron chi connectivity index (χ0n) is 16.3. The third-order valence-corrected chi connectivity index (χ3v) is 6.01. The van der Waals surface area contributed by atoms with E-state index in [-0.39, 0.29) is 12.5 Å². The molecule has 1 N–H and O–H groups in total. The number of carbonyl (C=O) groups is 1. The normalized spacial score (nSPS) is 16.9. The molecular formula is C21H28N2O2S. The molecule has 0 aliphatic heterocycles. The Morgan fingerprint density at radius 1 is 1.27 bits per heavy atom. The maximum Gasteiger partial charge on any atom is 0.264 e. The average molecular weight is 373 g/mol. The van der Waals surface area contributed by atoms with Crippen molar-refractivity contribution < 1.29 is 9.53 Å². The second-order valence-corrected chi connectivity index (χ2v) is 9.44. The van der Waals surface area contributed by atoms with Crippen LogP contribution in [0.1, 0.15) is 48.9 Å². The number of rotatable bonds is 4. The molecule has 1 heterocycles. The molecule has 3 rings (SSSR count). The highest BCUT2D eigenvalue weighted by Gasteiger charge is 2.30. The largest absolute Gasteiger partial charge is 0.484 e. The van der Waals surface area contributed by atoms with Crippen molar-refractivity contribution in [1.29, 1.82) is 0 Å². The van der Waals surface area contributed by atoms with Crippen molar-refractivity contribution in [3.8, 4) is 5.75 Å². The van der Waals surface area contributed by atoms with Gasteiger partial charge >= 0.3 is 0 Å². The fourth-order valence-electron chi connectivity index (χ4n) is 3.49. The van der Waals surface area contributed by atoms with E-state index in [0.29, 0.717) is 16.5 Å². The van der Waals surface area contributed by atoms with E-state index in [9.17, 15) is 4.79 Å². The number of aryl methyl sites for hydroxylation is 3. The number of anilines is 1. The summed E-state index contributed by atoms with van der Waals surface area (Å²) in [4.78, 5) is 18.2. The van der Waals surface area contributed by atoms with Gasteiger partial charge in [-0.15, -0.1) is 11.3 Å². The molecule has 5 heteroatoms. The molecule has 26 heavy (non-hydrogen) atoms. The fourth-order valence-corrected chi connectivity index (χ4v) is 4.59. The van der Waals surface area contributed by atoms with Crippen LogP contribution in [0.25, 0.3) is 0 Å². The minimum absolute atomic E-state index is 0.00223. The van der Waals surface area contributed by atoms with Crippen molar-refractivity contribution >= 4 is 22.4 Å². The lowest BCUT2D eigenvalue weighted by Crippen LogP contribution is -2.26. The van der Waals surface area contributed by atoms with Crippen LogP contribution in [0.2, 0.25) is 0 Å². The topological polar surface area (TPSA) is 51.2 Å². The molecule has 0 unspecified atom stereocenters. The van der Waals surface area contributed by atoms with Crippen LogP contribution in [0.5, 0.6) is 5.75 Å². The Morgan fingerprint density at radius 3 is 2.62 bits per heavy atom. The van der Waals surface area contributed by atoms with Gasteiger partial charge in [-0.25, -0.2) is 4.98 Å². The number of thiazole rings is 1. The lowest BCUT2D eigenvalue weighted by Gasteiger charge is -2.33. The quantitative estimate of drug-likeness (QED) is 0.828. The third-order valence-electron chi connectivity index (χ3n) is 4.98. The zero-order valence-corrected chi connectivity index (χ0v) is 17.1. The first-order chi connectivity index (χ1) is 12.2. The van der Waals surface area contributed by atoms with Crippen LogP contribution in [-0.2, 0) is 17.6 Å². The number of aromatic nitrogens is 1. The van der Waals surface area contributed by atoms with E-state index in [1.165, 1.54) is 11.3 Å². The van der Waals surface area contributed by atoms with Gasteiger partial charge in [0.05, 0.1) is 5.69 Å². The number of carbonyl (C=O) groups excluding carboxylic acids is 1. The van der Waals surface area contributed by atoms with Gasteiger partial charge in [-0.3, -0.25) is 10.1 Å². The number of amides is 1. The summed E-state index contributed by atoms with van der Waals surface area (Å²) >= 11 is 1.61. The number of nitrogens with zero attached hydrogens (tertiary/aromatic N) is 1. The minimum atomic E-state index is -0.164. The Balaban J connectivity index is 1.58. The highest BCUT2D eigenvalue weighted by molar-refractivity contribution is 7.15. The molecule has 1 aliphatic rings. The van der Waals surface area contributed by atoms with Gasteiger partial charge in [0.2, 0.25) is 0 Å². The van der Waals surface area contributed by atoms with Crippen molar-refractivity contribution in [2.75, 3.05) is 11.9 Å². The maximum absolute atomic E-state index is 12.2. The molecule has 4 nitrogen and oxygen atoms in total. The van der Waals surface area contributed by atoms with Crippen molar-refractivity contribution in [2.24, 2.45) is 11.3 Å². The Labute approximate surface area is 160 Å². The van der Waals surface area contributed by atoms with Crippen molar-refractivity contribution in [3.05, 3.63) is 39.9 Å². The molecule has 140 valence electrons. The smallest absolute Gasteiger partial charge is 0.264 e. The van der Waals surface area contributed by atoms with Crippen LogP contribution in [-0.4, -0.2) is 17.5 Å². The molecule has 1 aromatic heterocycles. The van der Waals surface area contributed by atoms with Crippen LogP contribution in [0.15, 0.2) is 18.2 Å². The first-order valence-electron chi connectivity index (χ1n) is 9.20. The number of hydrogen-bond acceptors (Lipinski definition) is 4. The Kier molecular flexibility index (Phi) is 5.37. The van der Waals surface area contributed by atoms with Crippen LogP contribution in [0, 0.1) is 25.2 Å². The van der Waals surface area contributed by atoms with Gasteiger partial charge in [-0.05, 0) is 67.7 Å². The first kappa shape index (κ1) is 18.9. The Hall–Kier alpha value is -1.88. The number of fused-ring (bicyclic) bond motifs is 1. The maximum atomic E-state index is 12.2. The van der Waals surface area contributed by atoms with Gasteiger partial charge in [-0.2, -0.15) is 0 Å². The standard InChI is InChI=1S/C21H28N2O2S/c1-13-8-14(2)10-16(9-13)25-12-19(24)23-20-22-17-7-6-15(21(3,4)5)11-18(17)26-20/h8-10,15H,6-7,11-12H2,1-5H3,(H,22,23,24)/t15-/m1/s1. The summed E-state index contributed by atoms with van der Waals surface area (Å²) in [5, 5.41) is 3.59. The van der Waals surface area contributed by atoms with E-state index in [1.54, 1.807) is 11.3 Å². The highest BCUT2D eigenvalue weighted by atomic mass is 32.1. The van der Waals surface area contributed by atoms with E-state index in [0.717, 1.165) is 35.4 Å². The molecule has 1 amide bonds. The molecule has 0 saturated carbocycles. The fraction of sp³-hybridized carbons (Fsp3) is 0.524. The van der Waals surface area contributed by atoms with Crippen LogP contribution in [0.4, 0.5) is 5.13 Å². The monoisotopic (exact) mass is 372 g/mol. The van der Waals surface area contributed by atoms with Crippen molar-refractivity contribution in [1.82, 2.24) is 4.98 Å². The molecule has 0 bridgehead atoms. The number of hydrogen-bond donors (Lipinski definition) is 1. The third kappa shape index (κ3) is 4.64. The van der Waals surface area contributed by atoms with E-state index >= 15 is 0 Å². The lowest BCUT2D eigenvalue weighted by molar-refractivity contribution is -0.118. The van der Waals surface area contributed by atoms with Crippen molar-refractivity contribution in [3.63, 3.8) is 0 Å². The van der Waals surface area contributed by atoms with Crippen LogP contribution >= 0.6 is 11.3 Å². The van der Waals surface area contributed by atoms with E-state index in [4.69, 9.17) is 4.74 Å². The molecule has 0 spiro atoms. The van der Waals surface area contributed by atoms with Crippen molar-refractivity contribution in [2.45, 2.75) is 53.9 Å². The van der Waals surface area contributed by atoms with Crippen LogP contribution < -0.4 is 10.1 Å². The lowest BCUT2D eigenvalue weighted by atomic mass is 9.73. The molecule has 2 aromatic rings. The summed E-state index contributed by atoms with van der Waals surface area (Å²) in [6.07, 6.45) is 3.23. The summed E-state index contributed by atoms with van der Waals surface area (Å²) in [5.74, 6) is 1.23. The molecule has 0 saturated heterocycles. The SMILES string of the molecule is Cc1cc(C)cc(OCC(=O)Nc2nc3c(s2)C[C@H](C(C)(C)C)CC3)c1. The molecule has 1 aliphatic carbocycles. The predicted octanol–water partition coefficient (Wildman–Crippen LogP) is 4.93. The number of ether oxygens (including phenoxy) is 1. The number of nitrogens with one attached hydrogen (secondary N) is 1. The van der Waals surface area contributed by atoms with Gasteiger partial charge in [0, 0.05) is 4.88 Å². The zero-order chi connectivity index (χ0) is 18.9. The van der Waals surface area contributed by atoms with Gasteiger partial charge in [0.25, 0.3) is 5.91 Å². The summed E-state index contributed by atoms with van der Waals surface area (Å²) in [6, 6.07) is 5.96. The Morgan fingerprint density at radius 2 is 1.96 bits per heavy atom. The molecule has 1 aromatic carbocycles. The summed E-state index contributed by atoms with van der Waals surface area (Å²) in [7, 11) is 0. The molecular weight excluding hydrogens is 344 g/mol. The predicted molar refractivity (Wildman–Crippen MR) is 107 cm³/mol. The highest BCUT2D eigenvalue weighted by Crippen LogP contribution is 2.40. The second-order valence-electron chi connectivity index (χ2n) is 8.35. The molecule has 0 radical (unpaired) electrons. The Bertz CT molecular complexity index is 785. The minimum Gasteiger partial charge on any atom is -0.484 e. The second kappa shape index (κ2) is 7.39. The number of benzene rings is 1. The molecule has 1 atom stereocenters. The van der Waals surface area contributed by atoms with Crippen LogP contribution in [0.3, 0.4) is 0 Å². The van der Waals surface area contributed by atoms with Gasteiger partial charge in [0.1, 0.15) is 5.75 Å². The average Bonchev–Trinajstić information content (AvgIpc) is 2.92. The van der Waals surface area contributed by atoms with Gasteiger partial charge < -0.3 is 4.74 Å². The summed E-state index contributed by atoms with van der Waals surface area (Å²) in [5.41, 5.74) is 3.72. The summed E-state index contributed by atoms with van der Waals surface area (Å²) in [6.45, 7) is 10.9. The van der Waals surface area contributed by atoms with Gasteiger partial charge in [-0.1, -0.05) is 26.8 Å². The van der Waals surface area contributed by atoms with E-state index < -0.39 is 0 Å². The molecule has 0 fully saturated rings. The summed E-state index contributed by atoms with van der Waals surface area (Å²) < 4.78 is 5.63. The van der Waals surface area contributed by atoms with E-state index in [1.807, 2.05) is 26.0 Å². The van der Waals surface area contributed by atoms with E-state index in [2.05, 4.69) is 37.1 Å². The van der Waals surface area contributed by atoms with Gasteiger partial charge in [0.15, 0.2) is 11.7 Å².